The van der Waals surface area contributed by atoms with Crippen LogP contribution in [0.1, 0.15) is 23.3 Å². The molecule has 1 aliphatic rings. The van der Waals surface area contributed by atoms with Crippen molar-refractivity contribution >= 4 is 44.4 Å². The number of nitrogens with zero attached hydrogens (tertiary/aromatic N) is 2. The molecule has 138 valence electrons. The molecule has 0 bridgehead atoms. The highest BCUT2D eigenvalue weighted by atomic mass is 79.9. The lowest BCUT2D eigenvalue weighted by Crippen LogP contribution is -2.19. The van der Waals surface area contributed by atoms with Crippen molar-refractivity contribution in [1.82, 2.24) is 9.97 Å². The molecule has 0 saturated carbocycles. The van der Waals surface area contributed by atoms with E-state index in [1.165, 1.54) is 0 Å². The summed E-state index contributed by atoms with van der Waals surface area (Å²) in [6, 6.07) is 15.0. The number of halogens is 1. The van der Waals surface area contributed by atoms with Crippen LogP contribution in [0.4, 0.5) is 11.5 Å². The van der Waals surface area contributed by atoms with Crippen molar-refractivity contribution in [3.63, 3.8) is 0 Å². The number of ether oxygens (including phenoxy) is 2. The Kier molecular flexibility index (Phi) is 5.31. The Morgan fingerprint density at radius 3 is 2.59 bits per heavy atom. The predicted molar refractivity (Wildman–Crippen MR) is 106 cm³/mol. The zero-order valence-corrected chi connectivity index (χ0v) is 16.1. The van der Waals surface area contributed by atoms with Gasteiger partial charge in [0.1, 0.15) is 6.61 Å². The van der Waals surface area contributed by atoms with Gasteiger partial charge in [0, 0.05) is 16.8 Å². The summed E-state index contributed by atoms with van der Waals surface area (Å²) in [7, 11) is 0. The largest absolute Gasteiger partial charge is 0.458 e. The van der Waals surface area contributed by atoms with Crippen LogP contribution in [0.5, 0.6) is 0 Å². The number of hydrogen-bond donors (Lipinski definition) is 1. The average Bonchev–Trinajstić information content (AvgIpc) is 3.21. The maximum atomic E-state index is 12.7. The lowest BCUT2D eigenvalue weighted by molar-refractivity contribution is 0.0157. The van der Waals surface area contributed by atoms with Gasteiger partial charge in [-0.3, -0.25) is 0 Å². The number of carbonyl (C=O) groups excluding carboxylic acids is 1. The summed E-state index contributed by atoms with van der Waals surface area (Å²) in [5.74, 6) is -0.142. The molecule has 1 fully saturated rings. The van der Waals surface area contributed by atoms with Gasteiger partial charge in [-0.1, -0.05) is 28.1 Å². The van der Waals surface area contributed by atoms with E-state index in [2.05, 4.69) is 31.2 Å². The summed E-state index contributed by atoms with van der Waals surface area (Å²) >= 11 is 3.41. The Morgan fingerprint density at radius 1 is 1.15 bits per heavy atom. The molecule has 7 heteroatoms. The molecule has 2 heterocycles. The van der Waals surface area contributed by atoms with Crippen LogP contribution in [0.3, 0.4) is 0 Å². The lowest BCUT2D eigenvalue weighted by atomic mass is 10.2. The van der Waals surface area contributed by atoms with Crippen LogP contribution >= 0.6 is 15.9 Å². The van der Waals surface area contributed by atoms with Crippen molar-refractivity contribution in [2.24, 2.45) is 0 Å². The molecule has 0 spiro atoms. The quantitative estimate of drug-likeness (QED) is 0.605. The van der Waals surface area contributed by atoms with Crippen molar-refractivity contribution in [3.8, 4) is 0 Å². The zero-order valence-electron chi connectivity index (χ0n) is 14.5. The van der Waals surface area contributed by atoms with Crippen LogP contribution in [-0.4, -0.2) is 35.3 Å². The molecule has 1 saturated heterocycles. The SMILES string of the molecule is O=C(OCC1CCCO1)c1nc2ccccc2nc1Nc1ccc(Br)cc1. The molecule has 0 aliphatic carbocycles. The molecule has 3 aromatic rings. The van der Waals surface area contributed by atoms with Crippen molar-refractivity contribution in [1.29, 1.82) is 0 Å². The lowest BCUT2D eigenvalue weighted by Gasteiger charge is -2.13. The molecular formula is C20H18BrN3O3. The van der Waals surface area contributed by atoms with Crippen molar-refractivity contribution < 1.29 is 14.3 Å². The van der Waals surface area contributed by atoms with Gasteiger partial charge in [0.2, 0.25) is 0 Å². The molecule has 0 amide bonds. The Balaban J connectivity index is 1.63. The second-order valence-corrected chi connectivity index (χ2v) is 7.19. The summed E-state index contributed by atoms with van der Waals surface area (Å²) in [4.78, 5) is 21.7. The third kappa shape index (κ3) is 4.26. The van der Waals surface area contributed by atoms with E-state index >= 15 is 0 Å². The molecule has 1 aliphatic heterocycles. The number of carbonyl (C=O) groups is 1. The number of hydrogen-bond acceptors (Lipinski definition) is 6. The van der Waals surface area contributed by atoms with E-state index in [4.69, 9.17) is 9.47 Å². The van der Waals surface area contributed by atoms with Crippen LogP contribution in [0.25, 0.3) is 11.0 Å². The van der Waals surface area contributed by atoms with Crippen LogP contribution in [0.2, 0.25) is 0 Å². The van der Waals surface area contributed by atoms with E-state index in [0.29, 0.717) is 23.5 Å². The summed E-state index contributed by atoms with van der Waals surface area (Å²) < 4.78 is 11.9. The van der Waals surface area contributed by atoms with Gasteiger partial charge in [-0.15, -0.1) is 0 Å². The van der Waals surface area contributed by atoms with Crippen LogP contribution in [-0.2, 0) is 9.47 Å². The standard InChI is InChI=1S/C20H18BrN3O3/c21-13-7-9-14(10-8-13)22-19-18(20(25)27-12-15-4-3-11-26-15)23-16-5-1-2-6-17(16)24-19/h1-2,5-10,15H,3-4,11-12H2,(H,22,24). The topological polar surface area (TPSA) is 73.3 Å². The number of rotatable bonds is 5. The second-order valence-electron chi connectivity index (χ2n) is 6.27. The molecule has 2 aromatic carbocycles. The molecule has 1 N–H and O–H groups in total. The maximum absolute atomic E-state index is 12.7. The Morgan fingerprint density at radius 2 is 1.89 bits per heavy atom. The molecule has 4 rings (SSSR count). The van der Waals surface area contributed by atoms with Crippen molar-refractivity contribution in [2.75, 3.05) is 18.5 Å². The fraction of sp³-hybridized carbons (Fsp3) is 0.250. The number of para-hydroxylation sites is 2. The number of nitrogens with one attached hydrogen (secondary N) is 1. The molecule has 27 heavy (non-hydrogen) atoms. The van der Waals surface area contributed by atoms with Gasteiger partial charge >= 0.3 is 5.97 Å². The molecule has 1 aromatic heterocycles. The van der Waals surface area contributed by atoms with Gasteiger partial charge in [-0.2, -0.15) is 0 Å². The highest BCUT2D eigenvalue weighted by molar-refractivity contribution is 9.10. The fourth-order valence-corrected chi connectivity index (χ4v) is 3.18. The highest BCUT2D eigenvalue weighted by Crippen LogP contribution is 2.23. The second kappa shape index (κ2) is 8.02. The molecule has 0 radical (unpaired) electrons. The first-order valence-electron chi connectivity index (χ1n) is 8.77. The summed E-state index contributed by atoms with van der Waals surface area (Å²) in [6.45, 7) is 0.944. The van der Waals surface area contributed by atoms with Gasteiger partial charge in [0.15, 0.2) is 11.5 Å². The third-order valence-corrected chi connectivity index (χ3v) is 4.82. The van der Waals surface area contributed by atoms with E-state index in [1.54, 1.807) is 0 Å². The van der Waals surface area contributed by atoms with Gasteiger partial charge < -0.3 is 14.8 Å². The summed E-state index contributed by atoms with van der Waals surface area (Å²) in [5.41, 5.74) is 2.31. The number of fused-ring (bicyclic) bond motifs is 1. The van der Waals surface area contributed by atoms with Gasteiger partial charge in [-0.25, -0.2) is 14.8 Å². The number of anilines is 2. The van der Waals surface area contributed by atoms with Crippen LogP contribution < -0.4 is 5.32 Å². The van der Waals surface area contributed by atoms with E-state index < -0.39 is 5.97 Å². The zero-order chi connectivity index (χ0) is 18.6. The van der Waals surface area contributed by atoms with Gasteiger partial charge in [0.05, 0.1) is 17.1 Å². The monoisotopic (exact) mass is 427 g/mol. The first-order valence-corrected chi connectivity index (χ1v) is 9.56. The Labute approximate surface area is 165 Å². The predicted octanol–water partition coefficient (Wildman–Crippen LogP) is 4.47. The minimum Gasteiger partial charge on any atom is -0.458 e. The Bertz CT molecular complexity index is 956. The maximum Gasteiger partial charge on any atom is 0.360 e. The number of esters is 1. The minimum absolute atomic E-state index is 0.0368. The van der Waals surface area contributed by atoms with E-state index in [-0.39, 0.29) is 18.4 Å². The summed E-state index contributed by atoms with van der Waals surface area (Å²) in [6.07, 6.45) is 1.86. The van der Waals surface area contributed by atoms with Gasteiger partial charge in [0.25, 0.3) is 0 Å². The van der Waals surface area contributed by atoms with E-state index in [1.807, 2.05) is 48.5 Å². The number of benzene rings is 2. The third-order valence-electron chi connectivity index (χ3n) is 4.30. The van der Waals surface area contributed by atoms with Crippen LogP contribution in [0, 0.1) is 0 Å². The molecule has 1 unspecified atom stereocenters. The van der Waals surface area contributed by atoms with Crippen molar-refractivity contribution in [3.05, 3.63) is 58.7 Å². The van der Waals surface area contributed by atoms with E-state index in [0.717, 1.165) is 23.0 Å². The van der Waals surface area contributed by atoms with E-state index in [9.17, 15) is 4.79 Å². The average molecular weight is 428 g/mol. The first kappa shape index (κ1) is 17.9. The highest BCUT2D eigenvalue weighted by Gasteiger charge is 2.22. The molecular weight excluding hydrogens is 410 g/mol. The van der Waals surface area contributed by atoms with Crippen LogP contribution in [0.15, 0.2) is 53.0 Å². The first-order chi connectivity index (χ1) is 13.2. The minimum atomic E-state index is -0.511. The number of aromatic nitrogens is 2. The fourth-order valence-electron chi connectivity index (χ4n) is 2.91. The smallest absolute Gasteiger partial charge is 0.360 e. The Hall–Kier alpha value is -2.51. The molecule has 1 atom stereocenters. The molecule has 6 nitrogen and oxygen atoms in total. The normalized spacial score (nSPS) is 16.4. The van der Waals surface area contributed by atoms with Gasteiger partial charge in [-0.05, 0) is 49.2 Å². The van der Waals surface area contributed by atoms with Crippen molar-refractivity contribution in [2.45, 2.75) is 18.9 Å². The summed E-state index contributed by atoms with van der Waals surface area (Å²) in [5, 5.41) is 3.17.